The van der Waals surface area contributed by atoms with E-state index in [-0.39, 0.29) is 11.9 Å². The first-order valence-electron chi connectivity index (χ1n) is 7.68. The largest absolute Gasteiger partial charge is 0.354 e. The number of carbonyl (C=O) groups excluding carboxylic acids is 1. The van der Waals surface area contributed by atoms with E-state index in [0.29, 0.717) is 11.8 Å². The predicted octanol–water partition coefficient (Wildman–Crippen LogP) is 2.32. The fourth-order valence-corrected chi connectivity index (χ4v) is 3.36. The van der Waals surface area contributed by atoms with Crippen molar-refractivity contribution in [1.29, 1.82) is 0 Å². The minimum Gasteiger partial charge on any atom is -0.354 e. The molecule has 4 unspecified atom stereocenters. The zero-order chi connectivity index (χ0) is 13.0. The topological polar surface area (TPSA) is 41.1 Å². The molecule has 0 aromatic rings. The standard InChI is InChI=1S/C15H28N2O/c1-11-7-8-16-14(9-11)15(18)17-10-13-6-4-3-5-12(13)2/h11-14,16H,3-10H2,1-2H3,(H,17,18). The molecule has 3 nitrogen and oxygen atoms in total. The number of nitrogens with one attached hydrogen (secondary N) is 2. The van der Waals surface area contributed by atoms with Gasteiger partial charge in [0, 0.05) is 6.54 Å². The van der Waals surface area contributed by atoms with Gasteiger partial charge in [0.05, 0.1) is 6.04 Å². The molecule has 1 heterocycles. The van der Waals surface area contributed by atoms with Crippen molar-refractivity contribution < 1.29 is 4.79 Å². The van der Waals surface area contributed by atoms with Crippen molar-refractivity contribution >= 4 is 5.91 Å². The Kier molecular flexibility index (Phi) is 5.04. The molecule has 1 aliphatic heterocycles. The van der Waals surface area contributed by atoms with Crippen LogP contribution in [-0.2, 0) is 4.79 Å². The Morgan fingerprint density at radius 1 is 1.22 bits per heavy atom. The number of hydrogen-bond donors (Lipinski definition) is 2. The van der Waals surface area contributed by atoms with Gasteiger partial charge in [0.2, 0.25) is 5.91 Å². The summed E-state index contributed by atoms with van der Waals surface area (Å²) < 4.78 is 0. The normalized spacial score (nSPS) is 37.2. The van der Waals surface area contributed by atoms with Gasteiger partial charge in [-0.2, -0.15) is 0 Å². The lowest BCUT2D eigenvalue weighted by Gasteiger charge is -2.31. The van der Waals surface area contributed by atoms with Gasteiger partial charge < -0.3 is 10.6 Å². The number of carbonyl (C=O) groups is 1. The molecule has 3 heteroatoms. The van der Waals surface area contributed by atoms with E-state index < -0.39 is 0 Å². The number of piperidine rings is 1. The van der Waals surface area contributed by atoms with Gasteiger partial charge in [0.25, 0.3) is 0 Å². The lowest BCUT2D eigenvalue weighted by molar-refractivity contribution is -0.124. The zero-order valence-electron chi connectivity index (χ0n) is 11.9. The highest BCUT2D eigenvalue weighted by atomic mass is 16.2. The molecule has 0 radical (unpaired) electrons. The van der Waals surface area contributed by atoms with Crippen molar-refractivity contribution in [3.05, 3.63) is 0 Å². The molecule has 18 heavy (non-hydrogen) atoms. The van der Waals surface area contributed by atoms with Gasteiger partial charge in [-0.3, -0.25) is 4.79 Å². The van der Waals surface area contributed by atoms with Gasteiger partial charge in [-0.05, 0) is 43.6 Å². The first kappa shape index (κ1) is 13.9. The third-order valence-electron chi connectivity index (χ3n) is 4.81. The maximum atomic E-state index is 12.1. The molecule has 1 aliphatic carbocycles. The van der Waals surface area contributed by atoms with Crippen LogP contribution in [0.1, 0.15) is 52.4 Å². The van der Waals surface area contributed by atoms with E-state index in [1.54, 1.807) is 0 Å². The van der Waals surface area contributed by atoms with Gasteiger partial charge >= 0.3 is 0 Å². The molecular weight excluding hydrogens is 224 g/mol. The summed E-state index contributed by atoms with van der Waals surface area (Å²) in [6.45, 7) is 6.44. The van der Waals surface area contributed by atoms with Gasteiger partial charge in [0.15, 0.2) is 0 Å². The highest BCUT2D eigenvalue weighted by molar-refractivity contribution is 5.81. The Labute approximate surface area is 111 Å². The Hall–Kier alpha value is -0.570. The molecule has 1 saturated carbocycles. The first-order valence-corrected chi connectivity index (χ1v) is 7.68. The number of amides is 1. The quantitative estimate of drug-likeness (QED) is 0.809. The highest BCUT2D eigenvalue weighted by Gasteiger charge is 2.26. The van der Waals surface area contributed by atoms with E-state index in [0.717, 1.165) is 25.4 Å². The number of rotatable bonds is 3. The zero-order valence-corrected chi connectivity index (χ0v) is 11.9. The molecule has 0 aromatic carbocycles. The average molecular weight is 252 g/mol. The summed E-state index contributed by atoms with van der Waals surface area (Å²) in [6.07, 6.45) is 7.52. The van der Waals surface area contributed by atoms with Gasteiger partial charge in [-0.1, -0.05) is 33.1 Å². The molecule has 2 rings (SSSR count). The van der Waals surface area contributed by atoms with E-state index in [1.807, 2.05) is 0 Å². The lowest BCUT2D eigenvalue weighted by atomic mass is 9.80. The van der Waals surface area contributed by atoms with Crippen LogP contribution in [0, 0.1) is 17.8 Å². The predicted molar refractivity (Wildman–Crippen MR) is 74.3 cm³/mol. The second-order valence-corrected chi connectivity index (χ2v) is 6.40. The van der Waals surface area contributed by atoms with Crippen LogP contribution in [0.2, 0.25) is 0 Å². The van der Waals surface area contributed by atoms with Crippen LogP contribution in [0.4, 0.5) is 0 Å². The molecule has 0 aromatic heterocycles. The van der Waals surface area contributed by atoms with E-state index in [4.69, 9.17) is 0 Å². The van der Waals surface area contributed by atoms with E-state index in [2.05, 4.69) is 24.5 Å². The summed E-state index contributed by atoms with van der Waals surface area (Å²) in [5.41, 5.74) is 0. The monoisotopic (exact) mass is 252 g/mol. The third kappa shape index (κ3) is 3.71. The second-order valence-electron chi connectivity index (χ2n) is 6.40. The molecular formula is C15H28N2O. The minimum absolute atomic E-state index is 0.0487. The smallest absolute Gasteiger partial charge is 0.237 e. The van der Waals surface area contributed by atoms with Crippen molar-refractivity contribution in [2.24, 2.45) is 17.8 Å². The van der Waals surface area contributed by atoms with Crippen LogP contribution in [0.3, 0.4) is 0 Å². The van der Waals surface area contributed by atoms with Crippen LogP contribution < -0.4 is 10.6 Å². The summed E-state index contributed by atoms with van der Waals surface area (Å²) in [4.78, 5) is 12.1. The summed E-state index contributed by atoms with van der Waals surface area (Å²) in [5, 5.41) is 6.51. The molecule has 1 saturated heterocycles. The van der Waals surface area contributed by atoms with Crippen molar-refractivity contribution in [3.8, 4) is 0 Å². The summed E-state index contributed by atoms with van der Waals surface area (Å²) in [6, 6.07) is 0.0487. The molecule has 0 spiro atoms. The fraction of sp³-hybridized carbons (Fsp3) is 0.933. The molecule has 104 valence electrons. The van der Waals surface area contributed by atoms with Gasteiger partial charge in [-0.15, -0.1) is 0 Å². The van der Waals surface area contributed by atoms with Crippen molar-refractivity contribution in [2.45, 2.75) is 58.4 Å². The van der Waals surface area contributed by atoms with Crippen LogP contribution >= 0.6 is 0 Å². The molecule has 2 aliphatic rings. The Bertz CT molecular complexity index is 280. The maximum Gasteiger partial charge on any atom is 0.237 e. The van der Waals surface area contributed by atoms with Crippen LogP contribution in [0.15, 0.2) is 0 Å². The van der Waals surface area contributed by atoms with Crippen LogP contribution in [0.25, 0.3) is 0 Å². The number of hydrogen-bond acceptors (Lipinski definition) is 2. The minimum atomic E-state index is 0.0487. The van der Waals surface area contributed by atoms with Gasteiger partial charge in [-0.25, -0.2) is 0 Å². The third-order valence-corrected chi connectivity index (χ3v) is 4.81. The molecule has 0 bridgehead atoms. The summed E-state index contributed by atoms with van der Waals surface area (Å²) in [7, 11) is 0. The Morgan fingerprint density at radius 2 is 2.00 bits per heavy atom. The lowest BCUT2D eigenvalue weighted by Crippen LogP contribution is -2.49. The fourth-order valence-electron chi connectivity index (χ4n) is 3.36. The highest BCUT2D eigenvalue weighted by Crippen LogP contribution is 2.28. The van der Waals surface area contributed by atoms with E-state index in [1.165, 1.54) is 32.1 Å². The maximum absolute atomic E-state index is 12.1. The van der Waals surface area contributed by atoms with Crippen molar-refractivity contribution in [1.82, 2.24) is 10.6 Å². The van der Waals surface area contributed by atoms with E-state index in [9.17, 15) is 4.79 Å². The molecule has 4 atom stereocenters. The van der Waals surface area contributed by atoms with Crippen LogP contribution in [-0.4, -0.2) is 25.0 Å². The second kappa shape index (κ2) is 6.55. The SMILES string of the molecule is CC1CCNC(C(=O)NCC2CCCCC2C)C1. The summed E-state index contributed by atoms with van der Waals surface area (Å²) in [5.74, 6) is 2.37. The molecule has 1 amide bonds. The van der Waals surface area contributed by atoms with Crippen molar-refractivity contribution in [3.63, 3.8) is 0 Å². The Morgan fingerprint density at radius 3 is 2.72 bits per heavy atom. The first-order chi connectivity index (χ1) is 8.66. The average Bonchev–Trinajstić information content (AvgIpc) is 2.37. The van der Waals surface area contributed by atoms with E-state index >= 15 is 0 Å². The van der Waals surface area contributed by atoms with Crippen LogP contribution in [0.5, 0.6) is 0 Å². The Balaban J connectivity index is 1.73. The molecule has 2 fully saturated rings. The van der Waals surface area contributed by atoms with Gasteiger partial charge in [0.1, 0.15) is 0 Å². The summed E-state index contributed by atoms with van der Waals surface area (Å²) >= 11 is 0. The van der Waals surface area contributed by atoms with Crippen molar-refractivity contribution in [2.75, 3.05) is 13.1 Å². The molecule has 2 N–H and O–H groups in total.